The van der Waals surface area contributed by atoms with Crippen LogP contribution in [0.15, 0.2) is 40.4 Å². The second-order valence-corrected chi connectivity index (χ2v) is 6.94. The summed E-state index contributed by atoms with van der Waals surface area (Å²) in [6, 6.07) is 12.8. The lowest BCUT2D eigenvalue weighted by molar-refractivity contribution is -0.112. The smallest absolute Gasteiger partial charge is 0.266 e. The number of nitrogens with one attached hydrogen (secondary N) is 1. The highest BCUT2D eigenvalue weighted by molar-refractivity contribution is 9.10. The van der Waals surface area contributed by atoms with E-state index in [1.54, 1.807) is 18.2 Å². The zero-order valence-electron chi connectivity index (χ0n) is 16.4. The number of halogens is 1. The number of anilines is 1. The number of benzene rings is 2. The van der Waals surface area contributed by atoms with Crippen LogP contribution in [0.1, 0.15) is 23.6 Å². The van der Waals surface area contributed by atoms with Crippen molar-refractivity contribution in [2.45, 2.75) is 20.8 Å². The lowest BCUT2D eigenvalue weighted by Gasteiger charge is -2.13. The first-order chi connectivity index (χ1) is 13.9. The first kappa shape index (κ1) is 22.0. The molecule has 1 N–H and O–H groups in total. The monoisotopic (exact) mass is 453 g/mol. The van der Waals surface area contributed by atoms with Gasteiger partial charge in [-0.25, -0.2) is 0 Å². The number of nitrogens with zero attached hydrogens (tertiary/aromatic N) is 2. The average molecular weight is 454 g/mol. The third-order valence-corrected chi connectivity index (χ3v) is 4.73. The first-order valence-corrected chi connectivity index (χ1v) is 9.66. The zero-order chi connectivity index (χ0) is 21.4. The number of carbonyl (C=O) groups is 1. The molecule has 2 aromatic rings. The summed E-state index contributed by atoms with van der Waals surface area (Å²) in [6.07, 6.45) is 1.47. The van der Waals surface area contributed by atoms with Crippen LogP contribution in [-0.2, 0) is 4.79 Å². The molecule has 7 heteroatoms. The van der Waals surface area contributed by atoms with Crippen LogP contribution in [0.5, 0.6) is 11.5 Å². The van der Waals surface area contributed by atoms with Gasteiger partial charge in [0.25, 0.3) is 5.91 Å². The number of hydrogen-bond acceptors (Lipinski definition) is 5. The maximum Gasteiger partial charge on any atom is 0.266 e. The molecule has 1 amide bonds. The first-order valence-electron chi connectivity index (χ1n) is 8.86. The summed E-state index contributed by atoms with van der Waals surface area (Å²) in [5.41, 5.74) is 3.18. The highest BCUT2D eigenvalue weighted by atomic mass is 79.9. The van der Waals surface area contributed by atoms with Crippen LogP contribution >= 0.6 is 15.9 Å². The molecule has 2 aromatic carbocycles. The fourth-order valence-electron chi connectivity index (χ4n) is 2.57. The molecule has 148 valence electrons. The fraction of sp³-hybridized carbons (Fsp3) is 0.227. The second-order valence-electron chi connectivity index (χ2n) is 6.08. The van der Waals surface area contributed by atoms with E-state index in [1.165, 1.54) is 6.08 Å². The summed E-state index contributed by atoms with van der Waals surface area (Å²) in [5.74, 6) is 0.305. The standard InChI is InChI=1S/C22H20BrN3O3/c1-4-28-20-12-16(11-18(23)21(20)29-9-8-24)10-17(13-25)22(27)26-19-7-5-6-14(2)15(19)3/h5-7,10-12H,4,9H2,1-3H3,(H,26,27)/b17-10+. The Morgan fingerprint density at radius 3 is 2.66 bits per heavy atom. The van der Waals surface area contributed by atoms with Crippen molar-refractivity contribution in [3.63, 3.8) is 0 Å². The molecule has 0 heterocycles. The van der Waals surface area contributed by atoms with Crippen LogP contribution in [0.3, 0.4) is 0 Å². The predicted molar refractivity (Wildman–Crippen MR) is 115 cm³/mol. The molecule has 0 aliphatic carbocycles. The van der Waals surface area contributed by atoms with E-state index in [0.717, 1.165) is 11.1 Å². The third kappa shape index (κ3) is 5.60. The summed E-state index contributed by atoms with van der Waals surface area (Å²) < 4.78 is 11.5. The van der Waals surface area contributed by atoms with Crippen molar-refractivity contribution in [3.05, 3.63) is 57.1 Å². The molecule has 0 aromatic heterocycles. The minimum atomic E-state index is -0.500. The number of aryl methyl sites for hydroxylation is 1. The molecule has 0 saturated heterocycles. The van der Waals surface area contributed by atoms with Crippen LogP contribution in [0.4, 0.5) is 5.69 Å². The van der Waals surface area contributed by atoms with Crippen LogP contribution < -0.4 is 14.8 Å². The van der Waals surface area contributed by atoms with Gasteiger partial charge in [-0.1, -0.05) is 12.1 Å². The van der Waals surface area contributed by atoms with Crippen molar-refractivity contribution in [1.29, 1.82) is 10.5 Å². The Morgan fingerprint density at radius 1 is 1.24 bits per heavy atom. The van der Waals surface area contributed by atoms with E-state index in [0.29, 0.717) is 33.8 Å². The van der Waals surface area contributed by atoms with Gasteiger partial charge in [0, 0.05) is 5.69 Å². The van der Waals surface area contributed by atoms with E-state index in [9.17, 15) is 10.1 Å². The minimum absolute atomic E-state index is 0.0500. The van der Waals surface area contributed by atoms with Gasteiger partial charge in [0.15, 0.2) is 18.1 Å². The molecule has 0 bridgehead atoms. The lowest BCUT2D eigenvalue weighted by Crippen LogP contribution is -2.14. The Hall–Kier alpha value is -3.29. The quantitative estimate of drug-likeness (QED) is 0.474. The van der Waals surface area contributed by atoms with E-state index in [1.807, 2.05) is 45.0 Å². The van der Waals surface area contributed by atoms with Gasteiger partial charge in [-0.2, -0.15) is 10.5 Å². The number of rotatable bonds is 7. The van der Waals surface area contributed by atoms with E-state index >= 15 is 0 Å². The molecule has 0 spiro atoms. The molecular weight excluding hydrogens is 434 g/mol. The van der Waals surface area contributed by atoms with E-state index in [4.69, 9.17) is 14.7 Å². The summed E-state index contributed by atoms with van der Waals surface area (Å²) in [6.45, 7) is 5.94. The molecular formula is C22H20BrN3O3. The van der Waals surface area contributed by atoms with Crippen molar-refractivity contribution >= 4 is 33.6 Å². The topological polar surface area (TPSA) is 95.1 Å². The van der Waals surface area contributed by atoms with Crippen LogP contribution in [0.25, 0.3) is 6.08 Å². The van der Waals surface area contributed by atoms with Crippen LogP contribution in [0.2, 0.25) is 0 Å². The molecule has 0 radical (unpaired) electrons. The Kier molecular flexibility index (Phi) is 7.82. The maximum atomic E-state index is 12.6. The summed E-state index contributed by atoms with van der Waals surface area (Å²) >= 11 is 3.39. The highest BCUT2D eigenvalue weighted by Gasteiger charge is 2.15. The lowest BCUT2D eigenvalue weighted by atomic mass is 10.1. The van der Waals surface area contributed by atoms with Crippen molar-refractivity contribution in [1.82, 2.24) is 0 Å². The number of nitriles is 2. The molecule has 0 aliphatic rings. The van der Waals surface area contributed by atoms with Crippen molar-refractivity contribution in [3.8, 4) is 23.6 Å². The van der Waals surface area contributed by atoms with Gasteiger partial charge in [-0.05, 0) is 77.7 Å². The number of ether oxygens (including phenoxy) is 2. The zero-order valence-corrected chi connectivity index (χ0v) is 18.0. The fourth-order valence-corrected chi connectivity index (χ4v) is 3.14. The molecule has 0 atom stereocenters. The van der Waals surface area contributed by atoms with Crippen molar-refractivity contribution in [2.75, 3.05) is 18.5 Å². The van der Waals surface area contributed by atoms with Crippen molar-refractivity contribution in [2.24, 2.45) is 0 Å². The second kappa shape index (κ2) is 10.3. The van der Waals surface area contributed by atoms with Gasteiger partial charge < -0.3 is 14.8 Å². The number of hydrogen-bond donors (Lipinski definition) is 1. The molecule has 0 unspecified atom stereocenters. The molecule has 0 saturated carbocycles. The van der Waals surface area contributed by atoms with E-state index < -0.39 is 5.91 Å². The number of amides is 1. The molecule has 6 nitrogen and oxygen atoms in total. The Bertz CT molecular complexity index is 1030. The molecule has 0 fully saturated rings. The predicted octanol–water partition coefficient (Wildman–Crippen LogP) is 4.91. The Morgan fingerprint density at radius 2 is 2.00 bits per heavy atom. The van der Waals surface area contributed by atoms with Crippen molar-refractivity contribution < 1.29 is 14.3 Å². The van der Waals surface area contributed by atoms with Gasteiger partial charge in [0.05, 0.1) is 11.1 Å². The average Bonchev–Trinajstić information content (AvgIpc) is 2.69. The summed E-state index contributed by atoms with van der Waals surface area (Å²) in [5, 5.41) is 21.0. The van der Waals surface area contributed by atoms with E-state index in [2.05, 4.69) is 21.2 Å². The SMILES string of the molecule is CCOc1cc(/C=C(\C#N)C(=O)Nc2cccc(C)c2C)cc(Br)c1OCC#N. The number of carbonyl (C=O) groups excluding carboxylic acids is 1. The van der Waals surface area contributed by atoms with Gasteiger partial charge >= 0.3 is 0 Å². The Balaban J connectivity index is 2.36. The molecule has 0 aliphatic heterocycles. The Labute approximate surface area is 178 Å². The summed E-state index contributed by atoms with van der Waals surface area (Å²) in [4.78, 5) is 12.6. The van der Waals surface area contributed by atoms with Gasteiger partial charge in [-0.15, -0.1) is 0 Å². The molecule has 29 heavy (non-hydrogen) atoms. The van der Waals surface area contributed by atoms with Crippen LogP contribution in [-0.4, -0.2) is 19.1 Å². The van der Waals surface area contributed by atoms with Crippen LogP contribution in [0, 0.1) is 36.5 Å². The third-order valence-electron chi connectivity index (χ3n) is 4.14. The minimum Gasteiger partial charge on any atom is -0.490 e. The molecule has 2 rings (SSSR count). The van der Waals surface area contributed by atoms with Gasteiger partial charge in [-0.3, -0.25) is 4.79 Å². The van der Waals surface area contributed by atoms with E-state index in [-0.39, 0.29) is 12.2 Å². The normalized spacial score (nSPS) is 10.6. The largest absolute Gasteiger partial charge is 0.490 e. The van der Waals surface area contributed by atoms with Gasteiger partial charge in [0.1, 0.15) is 17.7 Å². The highest BCUT2D eigenvalue weighted by Crippen LogP contribution is 2.37. The van der Waals surface area contributed by atoms with Gasteiger partial charge in [0.2, 0.25) is 0 Å². The summed E-state index contributed by atoms with van der Waals surface area (Å²) in [7, 11) is 0. The maximum absolute atomic E-state index is 12.6.